The van der Waals surface area contributed by atoms with Gasteiger partial charge in [0.15, 0.2) is 5.82 Å². The van der Waals surface area contributed by atoms with Gasteiger partial charge in [-0.05, 0) is 73.9 Å². The summed E-state index contributed by atoms with van der Waals surface area (Å²) in [6.07, 6.45) is 0.741. The number of aryl methyl sites for hydroxylation is 3. The molecule has 1 saturated heterocycles. The Balaban J connectivity index is 0.907. The zero-order valence-corrected chi connectivity index (χ0v) is 41.3. The van der Waals surface area contributed by atoms with Crippen molar-refractivity contribution in [2.75, 3.05) is 6.54 Å². The molecule has 0 radical (unpaired) electrons. The third kappa shape index (κ3) is 9.23. The van der Waals surface area contributed by atoms with Gasteiger partial charge in [0.2, 0.25) is 17.7 Å². The predicted octanol–water partition coefficient (Wildman–Crippen LogP) is 7.44. The summed E-state index contributed by atoms with van der Waals surface area (Å²) in [5.74, 6) is -1.10. The summed E-state index contributed by atoms with van der Waals surface area (Å²) in [5, 5.41) is 41.8. The van der Waals surface area contributed by atoms with Crippen LogP contribution in [0.2, 0.25) is 0 Å². The molecule has 0 bridgehead atoms. The van der Waals surface area contributed by atoms with Crippen molar-refractivity contribution >= 4 is 63.0 Å². The van der Waals surface area contributed by atoms with Gasteiger partial charge in [0.25, 0.3) is 0 Å². The van der Waals surface area contributed by atoms with E-state index in [0.29, 0.717) is 22.9 Å². The fourth-order valence-corrected chi connectivity index (χ4v) is 11.3. The van der Waals surface area contributed by atoms with E-state index in [0.717, 1.165) is 64.8 Å². The lowest BCUT2D eigenvalue weighted by atomic mass is 9.85. The van der Waals surface area contributed by atoms with Gasteiger partial charge < -0.3 is 25.7 Å². The first-order valence-corrected chi connectivity index (χ1v) is 24.5. The Morgan fingerprint density at radius 1 is 0.913 bits per heavy atom. The van der Waals surface area contributed by atoms with Crippen LogP contribution in [0.15, 0.2) is 83.4 Å². The molecule has 356 valence electrons. The zero-order valence-electron chi connectivity index (χ0n) is 39.6. The predicted molar refractivity (Wildman–Crippen MR) is 266 cm³/mol. The smallest absolute Gasteiger partial charge is 0.306 e. The highest BCUT2D eigenvalue weighted by Gasteiger charge is 2.45. The number of hydrogen-bond donors (Lipinski definition) is 4. The van der Waals surface area contributed by atoms with Crippen molar-refractivity contribution in [3.8, 4) is 26.6 Å². The molecular weight excluding hydrogens is 913 g/mol. The summed E-state index contributed by atoms with van der Waals surface area (Å²) in [6.45, 7) is 15.1. The van der Waals surface area contributed by atoms with Gasteiger partial charge in [0.05, 0.1) is 45.9 Å². The highest BCUT2D eigenvalue weighted by molar-refractivity contribution is 7.15. The van der Waals surface area contributed by atoms with E-state index in [9.17, 15) is 29.4 Å². The molecule has 0 saturated carbocycles. The van der Waals surface area contributed by atoms with Gasteiger partial charge in [0, 0.05) is 40.6 Å². The van der Waals surface area contributed by atoms with Crippen LogP contribution in [-0.4, -0.2) is 98.8 Å². The Morgan fingerprint density at radius 2 is 1.62 bits per heavy atom. The molecular formula is C51H54N10O6S2. The zero-order chi connectivity index (χ0) is 49.1. The number of nitrogens with zero attached hydrogens (tertiary/aromatic N) is 8. The molecule has 4 N–H and O–H groups in total. The van der Waals surface area contributed by atoms with Crippen LogP contribution in [0.3, 0.4) is 0 Å². The van der Waals surface area contributed by atoms with E-state index in [1.165, 1.54) is 4.90 Å². The molecule has 3 aromatic carbocycles. The van der Waals surface area contributed by atoms with Crippen LogP contribution in [0.1, 0.15) is 97.1 Å². The lowest BCUT2D eigenvalue weighted by molar-refractivity contribution is -0.144. The first kappa shape index (κ1) is 47.2. The molecule has 7 aromatic rings. The number of carboxylic acids is 1. The average molecular weight is 967 g/mol. The highest BCUT2D eigenvalue weighted by atomic mass is 32.1. The number of rotatable bonds is 12. The maximum atomic E-state index is 14.4. The normalized spacial score (nSPS) is 17.7. The molecule has 4 aromatic heterocycles. The number of thiophene rings is 1. The van der Waals surface area contributed by atoms with E-state index in [-0.39, 0.29) is 37.9 Å². The van der Waals surface area contributed by atoms with Crippen molar-refractivity contribution in [2.45, 2.75) is 105 Å². The lowest BCUT2D eigenvalue weighted by Crippen LogP contribution is -2.58. The number of amides is 3. The number of carboxylic acid groups (broad SMARTS) is 1. The lowest BCUT2D eigenvalue weighted by Gasteiger charge is -2.35. The van der Waals surface area contributed by atoms with Crippen molar-refractivity contribution in [2.24, 2.45) is 10.4 Å². The van der Waals surface area contributed by atoms with E-state index >= 15 is 0 Å². The van der Waals surface area contributed by atoms with Crippen LogP contribution in [0, 0.1) is 33.1 Å². The second-order valence-electron chi connectivity index (χ2n) is 19.0. The third-order valence-corrected chi connectivity index (χ3v) is 15.2. The van der Waals surface area contributed by atoms with Crippen LogP contribution in [0.25, 0.3) is 37.5 Å². The third-order valence-electron chi connectivity index (χ3n) is 13.0. The van der Waals surface area contributed by atoms with Crippen molar-refractivity contribution in [1.82, 2.24) is 45.1 Å². The van der Waals surface area contributed by atoms with Gasteiger partial charge in [0.1, 0.15) is 35.5 Å². The molecule has 6 heterocycles. The number of aliphatic carboxylic acids is 1. The van der Waals surface area contributed by atoms with Gasteiger partial charge in [-0.3, -0.25) is 33.4 Å². The van der Waals surface area contributed by atoms with E-state index < -0.39 is 47.4 Å². The molecule has 2 unspecified atom stereocenters. The Hall–Kier alpha value is -6.89. The minimum absolute atomic E-state index is 0.0397. The summed E-state index contributed by atoms with van der Waals surface area (Å²) in [4.78, 5) is 67.2. The fourth-order valence-electron chi connectivity index (χ4n) is 9.29. The van der Waals surface area contributed by atoms with Gasteiger partial charge in [-0.25, -0.2) is 4.98 Å². The van der Waals surface area contributed by atoms with Gasteiger partial charge >= 0.3 is 5.97 Å². The number of aliphatic hydroxyl groups excluding tert-OH is 1. The number of fused-ring (bicyclic) bond motifs is 4. The number of nitrogens with one attached hydrogen (secondary N) is 2. The van der Waals surface area contributed by atoms with Crippen LogP contribution in [0.4, 0.5) is 0 Å². The minimum Gasteiger partial charge on any atom is -0.481 e. The summed E-state index contributed by atoms with van der Waals surface area (Å²) in [7, 11) is 0. The molecule has 2 aliphatic rings. The second-order valence-corrected chi connectivity index (χ2v) is 21.1. The molecule has 16 nitrogen and oxygen atoms in total. The number of likely N-dealkylation sites (tertiary alicyclic amines) is 1. The molecule has 9 rings (SSSR count). The fraction of sp³-hybridized carbons (Fsp3) is 0.353. The number of thiazole rings is 1. The largest absolute Gasteiger partial charge is 0.481 e. The standard InChI is InChI=1S/C51H54N10O6S2/c1-26-29(4)69-50-43(26)44(54-39(21-42(64)65)47-57-56-30(5)61(47)50)33-16-14-32(15-17-33)36-10-9-11-38-37(36)23-59(58-38)24-41(63)55-46(51(6,7)8)49(67)60-22-35(62)20-40(60)48(66)53-27(2)31-12-18-34(19-13-31)45-28(3)52-25-68-45/h9-19,23,25,27,35,39-40,46,62H,20-22,24H2,1-8H3,(H,53,66)(H,55,63)(H,64,65)/t27?,35-,39+,40+,46?/m1/s1. The SMILES string of the molecule is Cc1ncsc1-c1ccc(C(C)NC(=O)[C@@H]2C[C@@H](O)CN2C(=O)C(NC(=O)Cn2cc3c(-c4ccc(C5=N[C@@H](CC(=O)O)c6nnc(C)n6-c6sc(C)c(C)c65)cc4)cccc3n2)C(C)(C)C)cc1. The first-order valence-electron chi connectivity index (χ1n) is 22.8. The van der Waals surface area contributed by atoms with Gasteiger partial charge in [-0.15, -0.1) is 32.9 Å². The molecule has 2 aliphatic heterocycles. The van der Waals surface area contributed by atoms with E-state index in [1.807, 2.05) is 125 Å². The Bertz CT molecular complexity index is 3160. The van der Waals surface area contributed by atoms with Crippen LogP contribution in [-0.2, 0) is 25.7 Å². The van der Waals surface area contributed by atoms with Crippen molar-refractivity contribution in [3.05, 3.63) is 123 Å². The molecule has 5 atom stereocenters. The molecule has 69 heavy (non-hydrogen) atoms. The minimum atomic E-state index is -1.01. The Kier molecular flexibility index (Phi) is 12.7. The van der Waals surface area contributed by atoms with Crippen LogP contribution in [0.5, 0.6) is 0 Å². The van der Waals surface area contributed by atoms with E-state index in [2.05, 4.69) is 39.7 Å². The number of hydrogen-bond acceptors (Lipinski definition) is 12. The summed E-state index contributed by atoms with van der Waals surface area (Å²) >= 11 is 3.18. The Labute approximate surface area is 407 Å². The number of aliphatic imine (C=N–C) groups is 1. The summed E-state index contributed by atoms with van der Waals surface area (Å²) in [6, 6.07) is 18.6. The number of aromatic nitrogens is 6. The quantitative estimate of drug-likeness (QED) is 0.0951. The van der Waals surface area contributed by atoms with Gasteiger partial charge in [-0.1, -0.05) is 81.4 Å². The number of β-amino-alcohol motifs (C(OH)–C–C–N with tert-alkyl or cyclic N) is 1. The molecule has 0 aliphatic carbocycles. The average Bonchev–Trinajstić information content (AvgIpc) is 4.14. The number of benzene rings is 3. The molecule has 3 amide bonds. The summed E-state index contributed by atoms with van der Waals surface area (Å²) < 4.78 is 3.48. The number of aliphatic hydroxyl groups is 1. The number of carbonyl (C=O) groups is 4. The maximum absolute atomic E-state index is 14.4. The maximum Gasteiger partial charge on any atom is 0.306 e. The van der Waals surface area contributed by atoms with Crippen molar-refractivity contribution in [1.29, 1.82) is 0 Å². The second kappa shape index (κ2) is 18.5. The first-order chi connectivity index (χ1) is 32.9. The molecule has 18 heteroatoms. The topological polar surface area (TPSA) is 210 Å². The Morgan fingerprint density at radius 3 is 2.30 bits per heavy atom. The molecule has 1 fully saturated rings. The van der Waals surface area contributed by atoms with Crippen molar-refractivity contribution in [3.63, 3.8) is 0 Å². The monoisotopic (exact) mass is 966 g/mol. The van der Waals surface area contributed by atoms with E-state index in [4.69, 9.17) is 10.1 Å². The van der Waals surface area contributed by atoms with Crippen LogP contribution < -0.4 is 10.6 Å². The molecule has 0 spiro atoms. The van der Waals surface area contributed by atoms with E-state index in [1.54, 1.807) is 27.4 Å². The summed E-state index contributed by atoms with van der Waals surface area (Å²) in [5.41, 5.74) is 9.91. The van der Waals surface area contributed by atoms with Gasteiger partial charge in [-0.2, -0.15) is 5.10 Å². The van der Waals surface area contributed by atoms with Crippen LogP contribution >= 0.6 is 22.7 Å². The highest BCUT2D eigenvalue weighted by Crippen LogP contribution is 2.40. The van der Waals surface area contributed by atoms with Crippen molar-refractivity contribution < 1.29 is 29.4 Å². The number of carbonyl (C=O) groups excluding carboxylic acids is 3.